The average Bonchev–Trinajstić information content (AvgIpc) is 3.30. The Morgan fingerprint density at radius 3 is 2.57 bits per heavy atom. The number of ether oxygens (including phenoxy) is 1. The van der Waals surface area contributed by atoms with Crippen molar-refractivity contribution in [3.8, 4) is 11.4 Å². The molecule has 196 valence electrons. The number of hydrogen-bond acceptors (Lipinski definition) is 8. The van der Waals surface area contributed by atoms with Gasteiger partial charge in [0.2, 0.25) is 0 Å². The maximum absolute atomic E-state index is 15.2. The zero-order valence-electron chi connectivity index (χ0n) is 19.8. The van der Waals surface area contributed by atoms with Crippen LogP contribution >= 0.6 is 11.9 Å². The largest absolute Gasteiger partial charge is 0.495 e. The van der Waals surface area contributed by atoms with Gasteiger partial charge in [0.25, 0.3) is 5.56 Å². The van der Waals surface area contributed by atoms with Gasteiger partial charge < -0.3 is 9.26 Å². The number of alkyl halides is 3. The van der Waals surface area contributed by atoms with Crippen LogP contribution in [0.4, 0.5) is 23.4 Å². The third-order valence-electron chi connectivity index (χ3n) is 5.59. The van der Waals surface area contributed by atoms with Crippen LogP contribution in [0.1, 0.15) is 25.8 Å². The van der Waals surface area contributed by atoms with E-state index in [0.717, 1.165) is 22.6 Å². The van der Waals surface area contributed by atoms with Crippen LogP contribution in [0.25, 0.3) is 16.6 Å². The molecule has 0 aliphatic heterocycles. The van der Waals surface area contributed by atoms with Crippen molar-refractivity contribution in [1.29, 1.82) is 0 Å². The molecule has 0 amide bonds. The second-order valence-electron chi connectivity index (χ2n) is 8.77. The number of nitrogens with one attached hydrogen (secondary N) is 1. The van der Waals surface area contributed by atoms with Gasteiger partial charge >= 0.3 is 6.18 Å². The SMILES string of the molecule is COc1cc(C(C)(C)CC(F)(F)F)c(F)cc1-n1c(=O)ccc2cc(SN(O)Nc3ccon3)ccc21. The van der Waals surface area contributed by atoms with Crippen LogP contribution in [-0.4, -0.2) is 32.8 Å². The number of benzene rings is 2. The molecule has 4 aromatic rings. The third-order valence-corrected chi connectivity index (χ3v) is 6.32. The molecule has 0 fully saturated rings. The first-order valence-electron chi connectivity index (χ1n) is 10.8. The lowest BCUT2D eigenvalue weighted by atomic mass is 9.80. The van der Waals surface area contributed by atoms with Crippen molar-refractivity contribution in [3.63, 3.8) is 0 Å². The Morgan fingerprint density at radius 2 is 1.92 bits per heavy atom. The summed E-state index contributed by atoms with van der Waals surface area (Å²) in [5, 5.41) is 14.3. The highest BCUT2D eigenvalue weighted by Gasteiger charge is 2.39. The van der Waals surface area contributed by atoms with Gasteiger partial charge in [-0.15, -0.1) is 0 Å². The number of hydrogen-bond donors (Lipinski definition) is 2. The molecule has 0 aliphatic carbocycles. The molecule has 2 aromatic heterocycles. The first-order valence-corrected chi connectivity index (χ1v) is 11.6. The van der Waals surface area contributed by atoms with Crippen molar-refractivity contribution in [3.05, 3.63) is 76.5 Å². The Hall–Kier alpha value is -3.55. The molecule has 0 atom stereocenters. The van der Waals surface area contributed by atoms with Crippen LogP contribution in [0.5, 0.6) is 5.75 Å². The van der Waals surface area contributed by atoms with Gasteiger partial charge in [-0.1, -0.05) is 19.0 Å². The fourth-order valence-electron chi connectivity index (χ4n) is 4.02. The predicted octanol–water partition coefficient (Wildman–Crippen LogP) is 6.08. The first-order chi connectivity index (χ1) is 17.4. The highest BCUT2D eigenvalue weighted by molar-refractivity contribution is 7.97. The quantitative estimate of drug-likeness (QED) is 0.158. The molecule has 4 rings (SSSR count). The molecule has 0 saturated carbocycles. The molecule has 37 heavy (non-hydrogen) atoms. The number of pyridine rings is 1. The van der Waals surface area contributed by atoms with Crippen LogP contribution in [0, 0.1) is 5.82 Å². The Balaban J connectivity index is 1.74. The standard InChI is InChI=1S/C24H22F4N4O4S/c1-23(2,13-24(26,27)28)16-11-20(35-3)19(12-17(16)25)31-18-6-5-15(10-14(18)4-7-22(31)33)37-32(34)29-21-8-9-36-30-21/h4-12,34H,13H2,1-3H3,(H,29,30). The Morgan fingerprint density at radius 1 is 1.16 bits per heavy atom. The van der Waals surface area contributed by atoms with Gasteiger partial charge in [-0.2, -0.15) is 13.2 Å². The smallest absolute Gasteiger partial charge is 0.389 e. The highest BCUT2D eigenvalue weighted by Crippen LogP contribution is 2.40. The molecule has 13 heteroatoms. The van der Waals surface area contributed by atoms with Gasteiger partial charge in [0.05, 0.1) is 24.7 Å². The zero-order valence-corrected chi connectivity index (χ0v) is 20.7. The zero-order chi connectivity index (χ0) is 27.0. The molecular weight excluding hydrogens is 516 g/mol. The van der Waals surface area contributed by atoms with Crippen LogP contribution in [0.3, 0.4) is 0 Å². The van der Waals surface area contributed by atoms with Gasteiger partial charge in [0.1, 0.15) is 17.8 Å². The topological polar surface area (TPSA) is 92.8 Å². The van der Waals surface area contributed by atoms with Gasteiger partial charge in [-0.25, -0.2) is 4.39 Å². The summed E-state index contributed by atoms with van der Waals surface area (Å²) in [6.07, 6.45) is -4.41. The Bertz CT molecular complexity index is 1470. The lowest BCUT2D eigenvalue weighted by molar-refractivity contribution is -0.145. The van der Waals surface area contributed by atoms with E-state index in [0.29, 0.717) is 15.8 Å². The van der Waals surface area contributed by atoms with Crippen molar-refractivity contribution >= 4 is 28.7 Å². The minimum atomic E-state index is -4.50. The van der Waals surface area contributed by atoms with E-state index in [1.165, 1.54) is 50.0 Å². The Kier molecular flexibility index (Phi) is 7.22. The van der Waals surface area contributed by atoms with Gasteiger partial charge in [-0.05, 0) is 45.9 Å². The summed E-state index contributed by atoms with van der Waals surface area (Å²) in [6, 6.07) is 11.5. The summed E-state index contributed by atoms with van der Waals surface area (Å²) in [7, 11) is 1.29. The molecule has 8 nitrogen and oxygen atoms in total. The minimum Gasteiger partial charge on any atom is -0.495 e. The van der Waals surface area contributed by atoms with Crippen LogP contribution in [-0.2, 0) is 5.41 Å². The first kappa shape index (κ1) is 26.5. The molecule has 0 spiro atoms. The van der Waals surface area contributed by atoms with Crippen LogP contribution < -0.4 is 15.7 Å². The summed E-state index contributed by atoms with van der Waals surface area (Å²) in [5.74, 6) is -0.574. The Labute approximate surface area is 212 Å². The molecule has 0 unspecified atom stereocenters. The molecule has 0 saturated heterocycles. The number of anilines is 1. The fraction of sp³-hybridized carbons (Fsp3) is 0.250. The van der Waals surface area contributed by atoms with Crippen molar-refractivity contribution in [2.24, 2.45) is 0 Å². The van der Waals surface area contributed by atoms with Crippen molar-refractivity contribution in [2.45, 2.75) is 36.8 Å². The fourth-order valence-corrected chi connectivity index (χ4v) is 4.66. The minimum absolute atomic E-state index is 0.0399. The third kappa shape index (κ3) is 5.89. The van der Waals surface area contributed by atoms with Gasteiger partial charge in [-0.3, -0.25) is 20.0 Å². The summed E-state index contributed by atoms with van der Waals surface area (Å²) in [4.78, 5) is 13.5. The van der Waals surface area contributed by atoms with Crippen molar-refractivity contribution in [1.82, 2.24) is 14.3 Å². The van der Waals surface area contributed by atoms with E-state index in [4.69, 9.17) is 4.74 Å². The van der Waals surface area contributed by atoms with Crippen LogP contribution in [0.15, 0.2) is 69.0 Å². The maximum Gasteiger partial charge on any atom is 0.389 e. The summed E-state index contributed by atoms with van der Waals surface area (Å²) in [5.41, 5.74) is 0.770. The normalized spacial score (nSPS) is 12.4. The number of rotatable bonds is 8. The summed E-state index contributed by atoms with van der Waals surface area (Å²) >= 11 is 0.914. The number of hydrazine groups is 1. The molecular formula is C24H22F4N4O4S. The molecule has 2 aromatic carbocycles. The number of aromatic nitrogens is 2. The van der Waals surface area contributed by atoms with Crippen molar-refractivity contribution < 1.29 is 32.0 Å². The summed E-state index contributed by atoms with van der Waals surface area (Å²) < 4.78 is 66.5. The van der Waals surface area contributed by atoms with E-state index >= 15 is 4.39 Å². The van der Waals surface area contributed by atoms with E-state index in [2.05, 4.69) is 15.1 Å². The number of nitrogens with zero attached hydrogens (tertiary/aromatic N) is 3. The van der Waals surface area contributed by atoms with Crippen molar-refractivity contribution in [2.75, 3.05) is 12.5 Å². The van der Waals surface area contributed by atoms with E-state index in [-0.39, 0.29) is 22.8 Å². The molecule has 2 heterocycles. The van der Waals surface area contributed by atoms with E-state index in [1.807, 2.05) is 0 Å². The summed E-state index contributed by atoms with van der Waals surface area (Å²) in [6.45, 7) is 2.59. The number of halogens is 4. The monoisotopic (exact) mass is 538 g/mol. The molecule has 2 N–H and O–H groups in total. The maximum atomic E-state index is 15.2. The average molecular weight is 539 g/mol. The molecule has 0 aliphatic rings. The number of methoxy groups -OCH3 is 1. The van der Waals surface area contributed by atoms with Crippen LogP contribution in [0.2, 0.25) is 0 Å². The van der Waals surface area contributed by atoms with E-state index < -0.39 is 29.4 Å². The number of fused-ring (bicyclic) bond motifs is 1. The molecule has 0 bridgehead atoms. The predicted molar refractivity (Wildman–Crippen MR) is 129 cm³/mol. The van der Waals surface area contributed by atoms with E-state index in [1.54, 1.807) is 24.3 Å². The second-order valence-corrected chi connectivity index (χ2v) is 9.77. The van der Waals surface area contributed by atoms with Gasteiger partial charge in [0, 0.05) is 40.5 Å². The molecule has 0 radical (unpaired) electrons. The second kappa shape index (κ2) is 10.1. The van der Waals surface area contributed by atoms with E-state index in [9.17, 15) is 23.2 Å². The lowest BCUT2D eigenvalue weighted by Gasteiger charge is -2.28. The van der Waals surface area contributed by atoms with Gasteiger partial charge in [0.15, 0.2) is 5.82 Å². The highest BCUT2D eigenvalue weighted by atomic mass is 32.2. The lowest BCUT2D eigenvalue weighted by Crippen LogP contribution is -2.28.